The Morgan fingerprint density at radius 1 is 0.828 bits per heavy atom. The lowest BCUT2D eigenvalue weighted by Crippen LogP contribution is -2.34. The summed E-state index contributed by atoms with van der Waals surface area (Å²) in [6, 6.07) is 26.1. The van der Waals surface area contributed by atoms with Crippen LogP contribution in [0.5, 0.6) is 0 Å². The van der Waals surface area contributed by atoms with Crippen LogP contribution in [0.25, 0.3) is 0 Å². The van der Waals surface area contributed by atoms with Crippen molar-refractivity contribution in [2.45, 2.75) is 24.7 Å². The summed E-state index contributed by atoms with van der Waals surface area (Å²) in [4.78, 5) is 14.9. The number of anilines is 1. The number of para-hydroxylation sites is 1. The van der Waals surface area contributed by atoms with E-state index in [0.29, 0.717) is 13.0 Å². The van der Waals surface area contributed by atoms with Crippen molar-refractivity contribution in [1.29, 1.82) is 0 Å². The fourth-order valence-electron chi connectivity index (χ4n) is 3.11. The fourth-order valence-corrected chi connectivity index (χ4v) is 4.34. The molecule has 0 unspecified atom stereocenters. The van der Waals surface area contributed by atoms with Crippen LogP contribution >= 0.6 is 0 Å². The van der Waals surface area contributed by atoms with Crippen LogP contribution < -0.4 is 4.90 Å². The minimum atomic E-state index is -3.50. The third kappa shape index (κ3) is 5.78. The van der Waals surface area contributed by atoms with Gasteiger partial charge in [0.05, 0.1) is 10.6 Å². The highest BCUT2D eigenvalue weighted by Gasteiger charge is 2.21. The molecule has 0 aliphatic rings. The summed E-state index contributed by atoms with van der Waals surface area (Å²) in [5, 5.41) is 0. The molecule has 0 N–H and O–H groups in total. The molecular formula is C24H25NO3S. The van der Waals surface area contributed by atoms with Gasteiger partial charge >= 0.3 is 0 Å². The number of benzene rings is 3. The Balaban J connectivity index is 1.71. The standard InChI is InChI=1S/C24H25NO3S/c1-20-12-14-23(15-13-20)29(27,28)19-17-24(26)25(22-10-6-3-7-11-22)18-16-21-8-4-2-5-9-21/h2-15H,16-19H2,1H3. The average molecular weight is 408 g/mol. The van der Waals surface area contributed by atoms with Crippen molar-refractivity contribution >= 4 is 21.4 Å². The molecule has 5 heteroatoms. The van der Waals surface area contributed by atoms with Crippen molar-refractivity contribution in [1.82, 2.24) is 0 Å². The second-order valence-electron chi connectivity index (χ2n) is 7.00. The average Bonchev–Trinajstić information content (AvgIpc) is 2.74. The van der Waals surface area contributed by atoms with Gasteiger partial charge in [0.25, 0.3) is 0 Å². The zero-order valence-electron chi connectivity index (χ0n) is 16.5. The van der Waals surface area contributed by atoms with Crippen LogP contribution in [0.1, 0.15) is 17.5 Å². The molecule has 3 aromatic carbocycles. The van der Waals surface area contributed by atoms with Gasteiger partial charge in [0.15, 0.2) is 9.84 Å². The Morgan fingerprint density at radius 2 is 1.41 bits per heavy atom. The summed E-state index contributed by atoms with van der Waals surface area (Å²) in [6.45, 7) is 2.40. The smallest absolute Gasteiger partial charge is 0.228 e. The first-order valence-corrected chi connectivity index (χ1v) is 11.3. The molecule has 1 amide bonds. The molecule has 0 aliphatic carbocycles. The Bertz CT molecular complexity index is 1030. The number of nitrogens with zero attached hydrogens (tertiary/aromatic N) is 1. The Hall–Kier alpha value is -2.92. The Labute approximate surface area is 172 Å². The van der Waals surface area contributed by atoms with Gasteiger partial charge in [-0.25, -0.2) is 8.42 Å². The second kappa shape index (κ2) is 9.52. The van der Waals surface area contributed by atoms with Crippen LogP contribution in [0, 0.1) is 6.92 Å². The van der Waals surface area contributed by atoms with Gasteiger partial charge in [-0.15, -0.1) is 0 Å². The van der Waals surface area contributed by atoms with Crippen LogP contribution in [0.2, 0.25) is 0 Å². The minimum Gasteiger partial charge on any atom is -0.312 e. The maximum absolute atomic E-state index is 13.0. The van der Waals surface area contributed by atoms with E-state index in [1.807, 2.05) is 67.6 Å². The van der Waals surface area contributed by atoms with E-state index in [1.165, 1.54) is 0 Å². The van der Waals surface area contributed by atoms with Gasteiger partial charge in [-0.3, -0.25) is 4.79 Å². The summed E-state index contributed by atoms with van der Waals surface area (Å²) < 4.78 is 25.2. The van der Waals surface area contributed by atoms with Crippen molar-refractivity contribution in [3.8, 4) is 0 Å². The SMILES string of the molecule is Cc1ccc(S(=O)(=O)CCC(=O)N(CCc2ccccc2)c2ccccc2)cc1. The zero-order valence-corrected chi connectivity index (χ0v) is 17.3. The quantitative estimate of drug-likeness (QED) is 0.555. The van der Waals surface area contributed by atoms with Gasteiger partial charge in [-0.1, -0.05) is 66.2 Å². The topological polar surface area (TPSA) is 54.5 Å². The van der Waals surface area contributed by atoms with Crippen LogP contribution in [0.15, 0.2) is 89.8 Å². The van der Waals surface area contributed by atoms with E-state index in [1.54, 1.807) is 29.2 Å². The molecule has 0 heterocycles. The number of hydrogen-bond donors (Lipinski definition) is 0. The summed E-state index contributed by atoms with van der Waals surface area (Å²) in [6.07, 6.45) is 0.645. The summed E-state index contributed by atoms with van der Waals surface area (Å²) in [5.41, 5.74) is 2.91. The van der Waals surface area contributed by atoms with Crippen LogP contribution in [0.4, 0.5) is 5.69 Å². The number of carbonyl (C=O) groups excluding carboxylic acids is 1. The van der Waals surface area contributed by atoms with Gasteiger partial charge in [0.2, 0.25) is 5.91 Å². The summed E-state index contributed by atoms with van der Waals surface area (Å²) >= 11 is 0. The van der Waals surface area contributed by atoms with E-state index in [0.717, 1.165) is 16.8 Å². The highest BCUT2D eigenvalue weighted by Crippen LogP contribution is 2.18. The van der Waals surface area contributed by atoms with Crippen LogP contribution in [0.3, 0.4) is 0 Å². The fraction of sp³-hybridized carbons (Fsp3) is 0.208. The predicted octanol–water partition coefficient (Wildman–Crippen LogP) is 4.43. The van der Waals surface area contributed by atoms with E-state index >= 15 is 0 Å². The number of rotatable bonds is 8. The molecule has 0 radical (unpaired) electrons. The van der Waals surface area contributed by atoms with E-state index in [9.17, 15) is 13.2 Å². The first kappa shape index (κ1) is 20.8. The number of hydrogen-bond acceptors (Lipinski definition) is 3. The predicted molar refractivity (Wildman–Crippen MR) is 117 cm³/mol. The van der Waals surface area contributed by atoms with E-state index in [2.05, 4.69) is 0 Å². The number of sulfone groups is 1. The molecule has 0 aromatic heterocycles. The van der Waals surface area contributed by atoms with Gasteiger partial charge in [0, 0.05) is 18.7 Å². The molecule has 3 aromatic rings. The lowest BCUT2D eigenvalue weighted by atomic mass is 10.1. The van der Waals surface area contributed by atoms with Crippen molar-refractivity contribution in [2.24, 2.45) is 0 Å². The van der Waals surface area contributed by atoms with Gasteiger partial charge < -0.3 is 4.90 Å². The zero-order chi connectivity index (χ0) is 20.7. The highest BCUT2D eigenvalue weighted by atomic mass is 32.2. The molecular weight excluding hydrogens is 382 g/mol. The van der Waals surface area contributed by atoms with Gasteiger partial charge in [-0.2, -0.15) is 0 Å². The third-order valence-electron chi connectivity index (χ3n) is 4.80. The number of carbonyl (C=O) groups is 1. The molecule has 150 valence electrons. The minimum absolute atomic E-state index is 0.0557. The molecule has 3 rings (SSSR count). The van der Waals surface area contributed by atoms with Gasteiger partial charge in [0.1, 0.15) is 0 Å². The normalized spacial score (nSPS) is 11.2. The Kier molecular flexibility index (Phi) is 6.83. The van der Waals surface area contributed by atoms with Crippen molar-refractivity contribution in [3.05, 3.63) is 96.1 Å². The number of amides is 1. The van der Waals surface area contributed by atoms with Crippen LogP contribution in [-0.4, -0.2) is 26.6 Å². The highest BCUT2D eigenvalue weighted by molar-refractivity contribution is 7.91. The molecule has 0 atom stereocenters. The lowest BCUT2D eigenvalue weighted by molar-refractivity contribution is -0.118. The first-order valence-electron chi connectivity index (χ1n) is 9.64. The lowest BCUT2D eigenvalue weighted by Gasteiger charge is -2.23. The molecule has 0 spiro atoms. The molecule has 4 nitrogen and oxygen atoms in total. The molecule has 29 heavy (non-hydrogen) atoms. The molecule has 0 bridgehead atoms. The molecule has 0 aliphatic heterocycles. The largest absolute Gasteiger partial charge is 0.312 e. The van der Waals surface area contributed by atoms with Crippen LogP contribution in [-0.2, 0) is 21.1 Å². The molecule has 0 fully saturated rings. The maximum Gasteiger partial charge on any atom is 0.228 e. The van der Waals surface area contributed by atoms with E-state index < -0.39 is 9.84 Å². The van der Waals surface area contributed by atoms with E-state index in [4.69, 9.17) is 0 Å². The summed E-state index contributed by atoms with van der Waals surface area (Å²) in [5.74, 6) is -0.397. The van der Waals surface area contributed by atoms with E-state index in [-0.39, 0.29) is 23.0 Å². The van der Waals surface area contributed by atoms with Crippen molar-refractivity contribution in [2.75, 3.05) is 17.2 Å². The van der Waals surface area contributed by atoms with Crippen molar-refractivity contribution < 1.29 is 13.2 Å². The van der Waals surface area contributed by atoms with Gasteiger partial charge in [-0.05, 0) is 43.2 Å². The molecule has 0 saturated heterocycles. The molecule has 0 saturated carbocycles. The second-order valence-corrected chi connectivity index (χ2v) is 9.11. The maximum atomic E-state index is 13.0. The number of aryl methyl sites for hydroxylation is 1. The Morgan fingerprint density at radius 3 is 2.03 bits per heavy atom. The third-order valence-corrected chi connectivity index (χ3v) is 6.53. The monoisotopic (exact) mass is 407 g/mol. The summed E-state index contributed by atoms with van der Waals surface area (Å²) in [7, 11) is -3.50. The first-order chi connectivity index (χ1) is 14.0. The van der Waals surface area contributed by atoms with Crippen molar-refractivity contribution in [3.63, 3.8) is 0 Å².